The Morgan fingerprint density at radius 1 is 1.47 bits per heavy atom. The van der Waals surface area contributed by atoms with E-state index < -0.39 is 0 Å². The Bertz CT molecular complexity index is 201. The van der Waals surface area contributed by atoms with Gasteiger partial charge >= 0.3 is 0 Å². The van der Waals surface area contributed by atoms with E-state index >= 15 is 0 Å². The van der Waals surface area contributed by atoms with Gasteiger partial charge in [0.1, 0.15) is 0 Å². The van der Waals surface area contributed by atoms with Crippen LogP contribution in [0.5, 0.6) is 0 Å². The molecule has 1 fully saturated rings. The van der Waals surface area contributed by atoms with Crippen LogP contribution in [0.4, 0.5) is 0 Å². The summed E-state index contributed by atoms with van der Waals surface area (Å²) in [5, 5.41) is 2.91. The molecule has 1 saturated carbocycles. The van der Waals surface area contributed by atoms with E-state index in [1.165, 1.54) is 0 Å². The minimum atomic E-state index is -0.286. The van der Waals surface area contributed by atoms with Crippen LogP contribution >= 0.6 is 0 Å². The maximum Gasteiger partial charge on any atom is 0.227 e. The molecule has 0 atom stereocenters. The smallest absolute Gasteiger partial charge is 0.227 e. The topological polar surface area (TPSA) is 64.3 Å². The number of ether oxygens (including phenoxy) is 1. The minimum Gasteiger partial charge on any atom is -0.380 e. The quantitative estimate of drug-likeness (QED) is 0.638. The molecule has 1 rings (SSSR count). The number of amides is 1. The third-order valence-electron chi connectivity index (χ3n) is 3.17. The van der Waals surface area contributed by atoms with Gasteiger partial charge in [0.25, 0.3) is 0 Å². The molecule has 4 heteroatoms. The summed E-state index contributed by atoms with van der Waals surface area (Å²) in [6.07, 6.45) is 4.11. The average molecular weight is 214 g/mol. The van der Waals surface area contributed by atoms with Crippen molar-refractivity contribution in [2.24, 2.45) is 11.1 Å². The minimum absolute atomic E-state index is 0.113. The first-order chi connectivity index (χ1) is 7.25. The van der Waals surface area contributed by atoms with Crippen LogP contribution in [0.1, 0.15) is 32.6 Å². The van der Waals surface area contributed by atoms with Crippen molar-refractivity contribution in [3.05, 3.63) is 0 Å². The third kappa shape index (κ3) is 3.18. The number of rotatable bonds is 6. The summed E-state index contributed by atoms with van der Waals surface area (Å²) in [5.74, 6) is 0.113. The molecule has 4 nitrogen and oxygen atoms in total. The van der Waals surface area contributed by atoms with E-state index in [0.717, 1.165) is 25.7 Å². The van der Waals surface area contributed by atoms with Gasteiger partial charge in [-0.1, -0.05) is 12.8 Å². The molecule has 0 heterocycles. The maximum atomic E-state index is 11.9. The molecule has 1 amide bonds. The van der Waals surface area contributed by atoms with Gasteiger partial charge in [-0.3, -0.25) is 4.79 Å². The molecule has 1 aliphatic carbocycles. The van der Waals surface area contributed by atoms with Crippen molar-refractivity contribution in [1.29, 1.82) is 0 Å². The lowest BCUT2D eigenvalue weighted by atomic mass is 9.85. The zero-order valence-corrected chi connectivity index (χ0v) is 9.55. The van der Waals surface area contributed by atoms with Crippen LogP contribution in [0.25, 0.3) is 0 Å². The molecular formula is C11H22N2O2. The van der Waals surface area contributed by atoms with Gasteiger partial charge in [-0.15, -0.1) is 0 Å². The van der Waals surface area contributed by atoms with Crippen molar-refractivity contribution in [1.82, 2.24) is 5.32 Å². The van der Waals surface area contributed by atoms with Crippen LogP contribution in [0.3, 0.4) is 0 Å². The highest BCUT2D eigenvalue weighted by Gasteiger charge is 2.39. The van der Waals surface area contributed by atoms with E-state index in [4.69, 9.17) is 10.5 Å². The molecule has 0 unspecified atom stereocenters. The van der Waals surface area contributed by atoms with Crippen molar-refractivity contribution in [3.8, 4) is 0 Å². The molecule has 15 heavy (non-hydrogen) atoms. The molecule has 88 valence electrons. The lowest BCUT2D eigenvalue weighted by molar-refractivity contribution is -0.130. The average Bonchev–Trinajstić information content (AvgIpc) is 2.74. The second-order valence-electron chi connectivity index (χ2n) is 4.14. The lowest BCUT2D eigenvalue weighted by Crippen LogP contribution is -2.45. The summed E-state index contributed by atoms with van der Waals surface area (Å²) in [6.45, 7) is 4.28. The Morgan fingerprint density at radius 2 is 2.13 bits per heavy atom. The number of hydrogen-bond acceptors (Lipinski definition) is 3. The fourth-order valence-electron chi connectivity index (χ4n) is 2.14. The van der Waals surface area contributed by atoms with Crippen molar-refractivity contribution in [2.75, 3.05) is 26.3 Å². The summed E-state index contributed by atoms with van der Waals surface area (Å²) < 4.78 is 5.17. The van der Waals surface area contributed by atoms with Crippen LogP contribution in [0.2, 0.25) is 0 Å². The molecule has 0 aliphatic heterocycles. The van der Waals surface area contributed by atoms with Crippen LogP contribution < -0.4 is 11.1 Å². The van der Waals surface area contributed by atoms with Crippen LogP contribution in [-0.4, -0.2) is 32.2 Å². The van der Waals surface area contributed by atoms with Gasteiger partial charge in [0, 0.05) is 19.7 Å². The molecule has 0 aromatic heterocycles. The van der Waals surface area contributed by atoms with Gasteiger partial charge in [-0.05, 0) is 19.8 Å². The monoisotopic (exact) mass is 214 g/mol. The molecule has 0 bridgehead atoms. The summed E-state index contributed by atoms with van der Waals surface area (Å²) in [7, 11) is 0. The van der Waals surface area contributed by atoms with Crippen molar-refractivity contribution < 1.29 is 9.53 Å². The highest BCUT2D eigenvalue weighted by atomic mass is 16.5. The van der Waals surface area contributed by atoms with E-state index in [9.17, 15) is 4.79 Å². The normalized spacial score (nSPS) is 19.1. The SMILES string of the molecule is CCOCCNC(=O)C1(CN)CCCC1. The molecule has 0 saturated heterocycles. The number of carbonyl (C=O) groups is 1. The zero-order valence-electron chi connectivity index (χ0n) is 9.55. The second-order valence-corrected chi connectivity index (χ2v) is 4.14. The van der Waals surface area contributed by atoms with Crippen LogP contribution in [0.15, 0.2) is 0 Å². The van der Waals surface area contributed by atoms with Crippen LogP contribution in [-0.2, 0) is 9.53 Å². The van der Waals surface area contributed by atoms with Crippen molar-refractivity contribution in [3.63, 3.8) is 0 Å². The predicted octanol–water partition coefficient (Wildman–Crippen LogP) is 0.658. The van der Waals surface area contributed by atoms with E-state index in [0.29, 0.717) is 26.3 Å². The summed E-state index contributed by atoms with van der Waals surface area (Å²) in [4.78, 5) is 11.9. The van der Waals surface area contributed by atoms with Gasteiger partial charge < -0.3 is 15.8 Å². The maximum absolute atomic E-state index is 11.9. The molecular weight excluding hydrogens is 192 g/mol. The molecule has 0 aromatic carbocycles. The predicted molar refractivity (Wildman–Crippen MR) is 59.5 cm³/mol. The number of nitrogens with two attached hydrogens (primary N) is 1. The third-order valence-corrected chi connectivity index (χ3v) is 3.17. The van der Waals surface area contributed by atoms with Gasteiger partial charge in [0.15, 0.2) is 0 Å². The van der Waals surface area contributed by atoms with Gasteiger partial charge in [-0.2, -0.15) is 0 Å². The first-order valence-corrected chi connectivity index (χ1v) is 5.81. The van der Waals surface area contributed by atoms with Gasteiger partial charge in [-0.25, -0.2) is 0 Å². The summed E-state index contributed by atoms with van der Waals surface area (Å²) >= 11 is 0. The van der Waals surface area contributed by atoms with E-state index in [1.54, 1.807) is 0 Å². The van der Waals surface area contributed by atoms with Crippen molar-refractivity contribution >= 4 is 5.91 Å². The Kier molecular flexibility index (Phi) is 5.05. The first-order valence-electron chi connectivity index (χ1n) is 5.81. The number of nitrogens with one attached hydrogen (secondary N) is 1. The largest absolute Gasteiger partial charge is 0.380 e. The standard InChI is InChI=1S/C11H22N2O2/c1-2-15-8-7-13-10(14)11(9-12)5-3-4-6-11/h2-9,12H2,1H3,(H,13,14). The Balaban J connectivity index is 2.31. The van der Waals surface area contributed by atoms with E-state index in [2.05, 4.69) is 5.32 Å². The summed E-state index contributed by atoms with van der Waals surface area (Å²) in [6, 6.07) is 0. The van der Waals surface area contributed by atoms with Gasteiger partial charge in [0.2, 0.25) is 5.91 Å². The lowest BCUT2D eigenvalue weighted by Gasteiger charge is -2.25. The summed E-state index contributed by atoms with van der Waals surface area (Å²) in [5.41, 5.74) is 5.42. The second kappa shape index (κ2) is 6.08. The first kappa shape index (κ1) is 12.5. The number of carbonyl (C=O) groups excluding carboxylic acids is 1. The Morgan fingerprint density at radius 3 is 2.67 bits per heavy atom. The highest BCUT2D eigenvalue weighted by molar-refractivity contribution is 5.83. The fourth-order valence-corrected chi connectivity index (χ4v) is 2.14. The van der Waals surface area contributed by atoms with E-state index in [-0.39, 0.29) is 11.3 Å². The highest BCUT2D eigenvalue weighted by Crippen LogP contribution is 2.37. The Labute approximate surface area is 91.5 Å². The number of hydrogen-bond donors (Lipinski definition) is 2. The van der Waals surface area contributed by atoms with Crippen molar-refractivity contribution in [2.45, 2.75) is 32.6 Å². The van der Waals surface area contributed by atoms with E-state index in [1.807, 2.05) is 6.92 Å². The molecule has 3 N–H and O–H groups in total. The Hall–Kier alpha value is -0.610. The fraction of sp³-hybridized carbons (Fsp3) is 0.909. The van der Waals surface area contributed by atoms with Crippen LogP contribution in [0, 0.1) is 5.41 Å². The zero-order chi connectivity index (χ0) is 11.1. The molecule has 0 spiro atoms. The van der Waals surface area contributed by atoms with Gasteiger partial charge in [0.05, 0.1) is 12.0 Å². The molecule has 1 aliphatic rings. The molecule has 0 radical (unpaired) electrons. The molecule has 0 aromatic rings.